The quantitative estimate of drug-likeness (QED) is 0.790. The lowest BCUT2D eigenvalue weighted by Crippen LogP contribution is -2.11. The van der Waals surface area contributed by atoms with Crippen molar-refractivity contribution in [3.63, 3.8) is 0 Å². The van der Waals surface area contributed by atoms with Crippen LogP contribution < -0.4 is 10.5 Å². The van der Waals surface area contributed by atoms with E-state index >= 15 is 0 Å². The molecule has 0 aliphatic heterocycles. The van der Waals surface area contributed by atoms with Gasteiger partial charge in [0.25, 0.3) is 0 Å². The highest BCUT2D eigenvalue weighted by Gasteiger charge is 2.06. The Morgan fingerprint density at radius 1 is 1.35 bits per heavy atom. The van der Waals surface area contributed by atoms with Crippen molar-refractivity contribution in [3.05, 3.63) is 24.0 Å². The summed E-state index contributed by atoms with van der Waals surface area (Å²) >= 11 is 0. The molecule has 1 aromatic heterocycles. The molecular formula is C14H24N2O. The Kier molecular flexibility index (Phi) is 5.98. The van der Waals surface area contributed by atoms with E-state index in [4.69, 9.17) is 10.5 Å². The van der Waals surface area contributed by atoms with Crippen LogP contribution in [0.5, 0.6) is 5.75 Å². The second-order valence-electron chi connectivity index (χ2n) is 4.64. The minimum atomic E-state index is 0.0306. The number of pyridine rings is 1. The van der Waals surface area contributed by atoms with Gasteiger partial charge in [-0.1, -0.05) is 27.2 Å². The van der Waals surface area contributed by atoms with Gasteiger partial charge in [0.15, 0.2) is 0 Å². The lowest BCUT2D eigenvalue weighted by atomic mass is 10.1. The van der Waals surface area contributed by atoms with Gasteiger partial charge in [0.1, 0.15) is 5.75 Å². The highest BCUT2D eigenvalue weighted by molar-refractivity contribution is 5.21. The molecule has 1 unspecified atom stereocenters. The molecule has 0 radical (unpaired) electrons. The minimum absolute atomic E-state index is 0.0306. The normalized spacial score (nSPS) is 14.4. The Hall–Kier alpha value is -1.09. The fourth-order valence-corrected chi connectivity index (χ4v) is 1.72. The molecule has 0 aromatic carbocycles. The molecule has 1 heterocycles. The molecule has 0 aliphatic carbocycles. The zero-order valence-electron chi connectivity index (χ0n) is 11.1. The Balaban J connectivity index is 2.45. The highest BCUT2D eigenvalue weighted by atomic mass is 16.5. The zero-order chi connectivity index (χ0) is 12.7. The molecule has 3 heteroatoms. The van der Waals surface area contributed by atoms with Gasteiger partial charge in [0.2, 0.25) is 0 Å². The fraction of sp³-hybridized carbons (Fsp3) is 0.643. The Morgan fingerprint density at radius 2 is 2.12 bits per heavy atom. The fourth-order valence-electron chi connectivity index (χ4n) is 1.72. The van der Waals surface area contributed by atoms with Gasteiger partial charge in [-0.05, 0) is 30.9 Å². The standard InChI is InChI=1S/C14H24N2O/c1-4-6-11(3)10-17-12-7-8-14(16-9-12)13(15)5-2/h7-9,11,13H,4-6,10,15H2,1-3H3/t11?,13-/m1/s1. The maximum absolute atomic E-state index is 5.90. The number of nitrogens with zero attached hydrogens (tertiary/aromatic N) is 1. The SMILES string of the molecule is CCCC(C)COc1ccc([C@H](N)CC)nc1. The van der Waals surface area contributed by atoms with Crippen molar-refractivity contribution < 1.29 is 4.74 Å². The van der Waals surface area contributed by atoms with E-state index in [9.17, 15) is 0 Å². The molecule has 2 atom stereocenters. The van der Waals surface area contributed by atoms with Gasteiger partial charge in [-0.25, -0.2) is 0 Å². The summed E-state index contributed by atoms with van der Waals surface area (Å²) in [5.74, 6) is 1.43. The number of hydrogen-bond acceptors (Lipinski definition) is 3. The second-order valence-corrected chi connectivity index (χ2v) is 4.64. The van der Waals surface area contributed by atoms with Crippen LogP contribution in [0.2, 0.25) is 0 Å². The number of aromatic nitrogens is 1. The van der Waals surface area contributed by atoms with Crippen molar-refractivity contribution in [3.8, 4) is 5.75 Å². The molecule has 0 amide bonds. The van der Waals surface area contributed by atoms with Crippen molar-refractivity contribution in [2.45, 2.75) is 46.1 Å². The van der Waals surface area contributed by atoms with Crippen LogP contribution in [0, 0.1) is 5.92 Å². The topological polar surface area (TPSA) is 48.1 Å². The van der Waals surface area contributed by atoms with Crippen LogP contribution in [0.1, 0.15) is 51.8 Å². The van der Waals surface area contributed by atoms with E-state index in [1.54, 1.807) is 6.20 Å². The molecule has 17 heavy (non-hydrogen) atoms. The van der Waals surface area contributed by atoms with Gasteiger partial charge in [0, 0.05) is 6.04 Å². The van der Waals surface area contributed by atoms with Gasteiger partial charge < -0.3 is 10.5 Å². The van der Waals surface area contributed by atoms with E-state index in [1.165, 1.54) is 12.8 Å². The van der Waals surface area contributed by atoms with Crippen molar-refractivity contribution in [1.82, 2.24) is 4.98 Å². The van der Waals surface area contributed by atoms with Crippen LogP contribution >= 0.6 is 0 Å². The van der Waals surface area contributed by atoms with Crippen molar-refractivity contribution in [2.75, 3.05) is 6.61 Å². The van der Waals surface area contributed by atoms with E-state index in [0.717, 1.165) is 24.5 Å². The van der Waals surface area contributed by atoms with E-state index in [2.05, 4.69) is 25.8 Å². The molecule has 1 aromatic rings. The molecule has 2 N–H and O–H groups in total. The van der Waals surface area contributed by atoms with Crippen LogP contribution in [-0.4, -0.2) is 11.6 Å². The Morgan fingerprint density at radius 3 is 2.65 bits per heavy atom. The first-order valence-electron chi connectivity index (χ1n) is 6.51. The molecule has 0 saturated carbocycles. The summed E-state index contributed by atoms with van der Waals surface area (Å²) in [7, 11) is 0. The van der Waals surface area contributed by atoms with E-state index in [0.29, 0.717) is 5.92 Å². The third-order valence-corrected chi connectivity index (χ3v) is 2.89. The summed E-state index contributed by atoms with van der Waals surface area (Å²) in [6.45, 7) is 7.22. The third-order valence-electron chi connectivity index (χ3n) is 2.89. The Labute approximate surface area is 104 Å². The van der Waals surface area contributed by atoms with Gasteiger partial charge in [-0.2, -0.15) is 0 Å². The predicted octanol–water partition coefficient (Wildman–Crippen LogP) is 3.31. The molecule has 3 nitrogen and oxygen atoms in total. The Bertz CT molecular complexity index is 311. The summed E-state index contributed by atoms with van der Waals surface area (Å²) < 4.78 is 5.69. The predicted molar refractivity (Wildman–Crippen MR) is 71.0 cm³/mol. The minimum Gasteiger partial charge on any atom is -0.492 e. The van der Waals surface area contributed by atoms with Gasteiger partial charge >= 0.3 is 0 Å². The number of rotatable bonds is 7. The monoisotopic (exact) mass is 236 g/mol. The van der Waals surface area contributed by atoms with Crippen LogP contribution in [0.4, 0.5) is 0 Å². The van der Waals surface area contributed by atoms with Gasteiger partial charge in [-0.15, -0.1) is 0 Å². The summed E-state index contributed by atoms with van der Waals surface area (Å²) in [4.78, 5) is 4.32. The van der Waals surface area contributed by atoms with Crippen molar-refractivity contribution in [1.29, 1.82) is 0 Å². The highest BCUT2D eigenvalue weighted by Crippen LogP contribution is 2.16. The van der Waals surface area contributed by atoms with Crippen LogP contribution in [0.15, 0.2) is 18.3 Å². The first-order chi connectivity index (χ1) is 8.17. The lowest BCUT2D eigenvalue weighted by Gasteiger charge is -2.13. The van der Waals surface area contributed by atoms with Crippen LogP contribution in [0.3, 0.4) is 0 Å². The maximum Gasteiger partial charge on any atom is 0.137 e. The van der Waals surface area contributed by atoms with Gasteiger partial charge in [0.05, 0.1) is 18.5 Å². The van der Waals surface area contributed by atoms with Crippen LogP contribution in [0.25, 0.3) is 0 Å². The first-order valence-corrected chi connectivity index (χ1v) is 6.51. The average molecular weight is 236 g/mol. The second kappa shape index (κ2) is 7.28. The molecular weight excluding hydrogens is 212 g/mol. The summed E-state index contributed by atoms with van der Waals surface area (Å²) in [6, 6.07) is 3.94. The smallest absolute Gasteiger partial charge is 0.137 e. The van der Waals surface area contributed by atoms with E-state index in [1.807, 2.05) is 12.1 Å². The molecule has 0 bridgehead atoms. The first kappa shape index (κ1) is 14.0. The number of nitrogens with two attached hydrogens (primary N) is 1. The zero-order valence-corrected chi connectivity index (χ0v) is 11.1. The molecule has 0 spiro atoms. The lowest BCUT2D eigenvalue weighted by molar-refractivity contribution is 0.250. The summed E-state index contributed by atoms with van der Waals surface area (Å²) in [5, 5.41) is 0. The molecule has 96 valence electrons. The largest absolute Gasteiger partial charge is 0.492 e. The summed E-state index contributed by atoms with van der Waals surface area (Å²) in [6.07, 6.45) is 5.07. The molecule has 0 aliphatic rings. The number of ether oxygens (including phenoxy) is 1. The van der Waals surface area contributed by atoms with E-state index in [-0.39, 0.29) is 6.04 Å². The van der Waals surface area contributed by atoms with Crippen molar-refractivity contribution >= 4 is 0 Å². The van der Waals surface area contributed by atoms with Crippen LogP contribution in [-0.2, 0) is 0 Å². The maximum atomic E-state index is 5.90. The van der Waals surface area contributed by atoms with Gasteiger partial charge in [-0.3, -0.25) is 4.98 Å². The average Bonchev–Trinajstić information content (AvgIpc) is 2.36. The molecule has 1 rings (SSSR count). The van der Waals surface area contributed by atoms with E-state index < -0.39 is 0 Å². The third kappa shape index (κ3) is 4.73. The number of hydrogen-bond donors (Lipinski definition) is 1. The molecule has 0 saturated heterocycles. The molecule has 0 fully saturated rings. The summed E-state index contributed by atoms with van der Waals surface area (Å²) in [5.41, 5.74) is 6.83. The van der Waals surface area contributed by atoms with Crippen molar-refractivity contribution in [2.24, 2.45) is 11.7 Å².